The zero-order valence-corrected chi connectivity index (χ0v) is 14.1. The Hall–Kier alpha value is -3.54. The number of fused-ring (bicyclic) bond motifs is 1. The molecule has 0 radical (unpaired) electrons. The second-order valence-corrected chi connectivity index (χ2v) is 6.10. The first-order chi connectivity index (χ1) is 13.1. The van der Waals surface area contributed by atoms with E-state index in [-0.39, 0.29) is 23.2 Å². The molecule has 134 valence electrons. The number of pyridine rings is 1. The Kier molecular flexibility index (Phi) is 4.38. The lowest BCUT2D eigenvalue weighted by atomic mass is 9.98. The van der Waals surface area contributed by atoms with Gasteiger partial charge < -0.3 is 9.72 Å². The highest BCUT2D eigenvalue weighted by Gasteiger charge is 2.20. The van der Waals surface area contributed by atoms with Crippen molar-refractivity contribution in [3.63, 3.8) is 0 Å². The molecule has 0 fully saturated rings. The van der Waals surface area contributed by atoms with Gasteiger partial charge in [-0.25, -0.2) is 13.8 Å². The van der Waals surface area contributed by atoms with Crippen LogP contribution in [0.5, 0.6) is 0 Å². The van der Waals surface area contributed by atoms with Crippen molar-refractivity contribution in [1.82, 2.24) is 14.7 Å². The Labute approximate surface area is 154 Å². The van der Waals surface area contributed by atoms with Crippen molar-refractivity contribution in [2.75, 3.05) is 0 Å². The van der Waals surface area contributed by atoms with E-state index in [0.29, 0.717) is 16.8 Å². The summed E-state index contributed by atoms with van der Waals surface area (Å²) in [7, 11) is 0. The lowest BCUT2D eigenvalue weighted by molar-refractivity contribution is 0.0938. The largest absolute Gasteiger partial charge is 0.340 e. The smallest absolute Gasteiger partial charge is 0.272 e. The van der Waals surface area contributed by atoms with Crippen LogP contribution in [-0.4, -0.2) is 15.3 Å². The normalized spacial score (nSPS) is 11.1. The minimum absolute atomic E-state index is 0.260. The van der Waals surface area contributed by atoms with E-state index in [1.54, 1.807) is 47.1 Å². The fraction of sp³-hybridized carbons (Fsp3) is 0.0476. The number of hydrogen-bond acceptors (Lipinski definition) is 2. The lowest BCUT2D eigenvalue weighted by Crippen LogP contribution is -2.29. The highest BCUT2D eigenvalue weighted by molar-refractivity contribution is 5.93. The standard InChI is InChI=1S/C21H15F2N3O/c22-16-8-4-14(5-9-16)20(15-6-10-17(23)11-7-15)25-21(27)18-13-26-12-2-1-3-19(26)24-18/h1-13,20H,(H,25,27). The van der Waals surface area contributed by atoms with Crippen molar-refractivity contribution in [3.05, 3.63) is 108 Å². The first-order valence-electron chi connectivity index (χ1n) is 8.36. The van der Waals surface area contributed by atoms with E-state index < -0.39 is 6.04 Å². The molecule has 0 bridgehead atoms. The van der Waals surface area contributed by atoms with Gasteiger partial charge >= 0.3 is 0 Å². The number of carbonyl (C=O) groups excluding carboxylic acids is 1. The molecule has 2 aromatic carbocycles. The zero-order chi connectivity index (χ0) is 18.8. The number of halogens is 2. The number of benzene rings is 2. The van der Waals surface area contributed by atoms with E-state index in [0.717, 1.165) is 0 Å². The van der Waals surface area contributed by atoms with Crippen molar-refractivity contribution in [2.45, 2.75) is 6.04 Å². The number of nitrogens with one attached hydrogen (secondary N) is 1. The minimum atomic E-state index is -0.566. The number of carbonyl (C=O) groups is 1. The molecule has 0 aliphatic heterocycles. The van der Waals surface area contributed by atoms with Gasteiger partial charge in [0.1, 0.15) is 23.0 Å². The van der Waals surface area contributed by atoms with Crippen LogP contribution in [0, 0.1) is 11.6 Å². The summed E-state index contributed by atoms with van der Waals surface area (Å²) in [5.41, 5.74) is 2.28. The summed E-state index contributed by atoms with van der Waals surface area (Å²) >= 11 is 0. The van der Waals surface area contributed by atoms with Crippen molar-refractivity contribution in [2.24, 2.45) is 0 Å². The molecule has 0 unspecified atom stereocenters. The maximum atomic E-state index is 13.3. The van der Waals surface area contributed by atoms with Crippen LogP contribution in [0.15, 0.2) is 79.1 Å². The Morgan fingerprint density at radius 3 is 2.04 bits per heavy atom. The molecule has 1 N–H and O–H groups in total. The maximum Gasteiger partial charge on any atom is 0.272 e. The van der Waals surface area contributed by atoms with Gasteiger partial charge in [0.2, 0.25) is 0 Å². The van der Waals surface area contributed by atoms with Gasteiger partial charge in [0.15, 0.2) is 0 Å². The van der Waals surface area contributed by atoms with E-state index >= 15 is 0 Å². The van der Waals surface area contributed by atoms with E-state index in [1.807, 2.05) is 12.1 Å². The number of aromatic nitrogens is 2. The van der Waals surface area contributed by atoms with Gasteiger partial charge in [-0.2, -0.15) is 0 Å². The average Bonchev–Trinajstić information content (AvgIpc) is 3.12. The van der Waals surface area contributed by atoms with Crippen molar-refractivity contribution >= 4 is 11.6 Å². The van der Waals surface area contributed by atoms with Crippen LogP contribution in [-0.2, 0) is 0 Å². The molecule has 0 aliphatic rings. The van der Waals surface area contributed by atoms with Crippen LogP contribution in [0.25, 0.3) is 5.65 Å². The van der Waals surface area contributed by atoms with Gasteiger partial charge in [0.25, 0.3) is 5.91 Å². The maximum absolute atomic E-state index is 13.3. The summed E-state index contributed by atoms with van der Waals surface area (Å²) in [6.45, 7) is 0. The third-order valence-corrected chi connectivity index (χ3v) is 4.28. The van der Waals surface area contributed by atoms with Crippen LogP contribution in [0.3, 0.4) is 0 Å². The van der Waals surface area contributed by atoms with Crippen molar-refractivity contribution < 1.29 is 13.6 Å². The topological polar surface area (TPSA) is 46.4 Å². The molecular weight excluding hydrogens is 348 g/mol. The first kappa shape index (κ1) is 16.9. The minimum Gasteiger partial charge on any atom is -0.340 e. The summed E-state index contributed by atoms with van der Waals surface area (Å²) in [5.74, 6) is -1.12. The molecular formula is C21H15F2N3O. The molecule has 4 rings (SSSR count). The van der Waals surface area contributed by atoms with Crippen LogP contribution in [0.4, 0.5) is 8.78 Å². The lowest BCUT2D eigenvalue weighted by Gasteiger charge is -2.19. The zero-order valence-electron chi connectivity index (χ0n) is 14.1. The van der Waals surface area contributed by atoms with E-state index in [2.05, 4.69) is 10.3 Å². The summed E-state index contributed by atoms with van der Waals surface area (Å²) in [6.07, 6.45) is 3.44. The van der Waals surface area contributed by atoms with E-state index in [9.17, 15) is 13.6 Å². The third kappa shape index (κ3) is 3.55. The molecule has 2 aromatic heterocycles. The molecule has 4 nitrogen and oxygen atoms in total. The quantitative estimate of drug-likeness (QED) is 0.593. The summed E-state index contributed by atoms with van der Waals surface area (Å²) in [5, 5.41) is 2.91. The molecule has 0 saturated heterocycles. The van der Waals surface area contributed by atoms with Crippen LogP contribution in [0.1, 0.15) is 27.7 Å². The monoisotopic (exact) mass is 363 g/mol. The van der Waals surface area contributed by atoms with E-state index in [4.69, 9.17) is 0 Å². The fourth-order valence-electron chi connectivity index (χ4n) is 2.92. The van der Waals surface area contributed by atoms with Gasteiger partial charge in [0.05, 0.1) is 6.04 Å². The molecule has 0 spiro atoms. The summed E-state index contributed by atoms with van der Waals surface area (Å²) in [6, 6.07) is 16.6. The molecule has 1 amide bonds. The fourth-order valence-corrected chi connectivity index (χ4v) is 2.92. The molecule has 2 heterocycles. The number of imidazole rings is 1. The predicted octanol–water partition coefficient (Wildman–Crippen LogP) is 4.13. The van der Waals surface area contributed by atoms with Gasteiger partial charge in [0, 0.05) is 12.4 Å². The van der Waals surface area contributed by atoms with Gasteiger partial charge in [-0.1, -0.05) is 30.3 Å². The second-order valence-electron chi connectivity index (χ2n) is 6.10. The predicted molar refractivity (Wildman–Crippen MR) is 97.3 cm³/mol. The molecule has 0 saturated carbocycles. The van der Waals surface area contributed by atoms with Crippen LogP contribution in [0.2, 0.25) is 0 Å². The Balaban J connectivity index is 1.68. The number of amides is 1. The number of hydrogen-bond donors (Lipinski definition) is 1. The Morgan fingerprint density at radius 2 is 1.48 bits per heavy atom. The Morgan fingerprint density at radius 1 is 0.889 bits per heavy atom. The van der Waals surface area contributed by atoms with Gasteiger partial charge in [-0.15, -0.1) is 0 Å². The average molecular weight is 363 g/mol. The van der Waals surface area contributed by atoms with Crippen LogP contribution >= 0.6 is 0 Å². The molecule has 0 aliphatic carbocycles. The van der Waals surface area contributed by atoms with Crippen LogP contribution < -0.4 is 5.32 Å². The molecule has 4 aromatic rings. The highest BCUT2D eigenvalue weighted by Crippen LogP contribution is 2.23. The SMILES string of the molecule is O=C(NC(c1ccc(F)cc1)c1ccc(F)cc1)c1cn2ccccc2n1. The summed E-state index contributed by atoms with van der Waals surface area (Å²) < 4.78 is 28.4. The van der Waals surface area contributed by atoms with E-state index in [1.165, 1.54) is 24.3 Å². The Bertz CT molecular complexity index is 1010. The van der Waals surface area contributed by atoms with Crippen molar-refractivity contribution in [1.29, 1.82) is 0 Å². The number of nitrogens with zero attached hydrogens (tertiary/aromatic N) is 2. The first-order valence-corrected chi connectivity index (χ1v) is 8.36. The molecule has 0 atom stereocenters. The number of rotatable bonds is 4. The van der Waals surface area contributed by atoms with Gasteiger partial charge in [-0.05, 0) is 47.5 Å². The highest BCUT2D eigenvalue weighted by atomic mass is 19.1. The third-order valence-electron chi connectivity index (χ3n) is 4.28. The molecule has 6 heteroatoms. The molecule has 27 heavy (non-hydrogen) atoms. The second kappa shape index (κ2) is 6.99. The van der Waals surface area contributed by atoms with Gasteiger partial charge in [-0.3, -0.25) is 4.79 Å². The van der Waals surface area contributed by atoms with Crippen molar-refractivity contribution in [3.8, 4) is 0 Å². The summed E-state index contributed by atoms with van der Waals surface area (Å²) in [4.78, 5) is 17.1.